The van der Waals surface area contributed by atoms with E-state index >= 15 is 0 Å². The molecule has 1 aliphatic heterocycles. The van der Waals surface area contributed by atoms with Crippen LogP contribution in [0.25, 0.3) is 0 Å². The van der Waals surface area contributed by atoms with E-state index in [2.05, 4.69) is 4.74 Å². The molecule has 0 amide bonds. The Bertz CT molecular complexity index is 331. The minimum atomic E-state index is -0.400. The summed E-state index contributed by atoms with van der Waals surface area (Å²) in [6, 6.07) is 0. The lowest BCUT2D eigenvalue weighted by atomic mass is 9.77. The van der Waals surface area contributed by atoms with Crippen LogP contribution in [-0.4, -0.2) is 18.5 Å². The molecule has 0 saturated carbocycles. The Morgan fingerprint density at radius 2 is 2.20 bits per heavy atom. The quantitative estimate of drug-likeness (QED) is 0.508. The summed E-state index contributed by atoms with van der Waals surface area (Å²) in [5.41, 5.74) is 0. The van der Waals surface area contributed by atoms with Gasteiger partial charge in [0.05, 0.1) is 24.2 Å². The zero-order valence-corrected chi connectivity index (χ0v) is 8.86. The largest absolute Gasteiger partial charge is 0.498 e. The molecule has 0 spiro atoms. The third-order valence-electron chi connectivity index (χ3n) is 3.08. The molecule has 4 heteroatoms. The van der Waals surface area contributed by atoms with Gasteiger partial charge in [-0.15, -0.1) is 0 Å². The molecule has 3 unspecified atom stereocenters. The van der Waals surface area contributed by atoms with E-state index in [0.29, 0.717) is 13.0 Å². The van der Waals surface area contributed by atoms with Crippen LogP contribution in [0.1, 0.15) is 20.3 Å². The smallest absolute Gasteiger partial charge is 0.318 e. The number of hydrogen-bond donors (Lipinski definition) is 0. The summed E-state index contributed by atoms with van der Waals surface area (Å²) in [4.78, 5) is 22.8. The zero-order valence-electron chi connectivity index (χ0n) is 8.86. The Hall–Kier alpha value is -1.32. The van der Waals surface area contributed by atoms with Gasteiger partial charge in [-0.2, -0.15) is 0 Å². The van der Waals surface area contributed by atoms with Gasteiger partial charge in [0.25, 0.3) is 0 Å². The summed E-state index contributed by atoms with van der Waals surface area (Å²) in [5.74, 6) is -0.666. The highest BCUT2D eigenvalue weighted by Crippen LogP contribution is 2.40. The van der Waals surface area contributed by atoms with Crippen molar-refractivity contribution >= 4 is 11.9 Å². The standard InChI is InChI=1S/C11H14O4/c1-3-14-8-5-4-7-9(6(8)2)11(13)15-10(7)12/h5-7,9H,3-4H2,1-2H3. The summed E-state index contributed by atoms with van der Waals surface area (Å²) in [6.45, 7) is 4.38. The van der Waals surface area contributed by atoms with Crippen molar-refractivity contribution in [3.63, 3.8) is 0 Å². The van der Waals surface area contributed by atoms with Crippen molar-refractivity contribution in [1.82, 2.24) is 0 Å². The number of allylic oxidation sites excluding steroid dienone is 2. The molecule has 82 valence electrons. The molecule has 1 heterocycles. The predicted octanol–water partition coefficient (Wildman–Crippen LogP) is 1.26. The molecule has 0 N–H and O–H groups in total. The van der Waals surface area contributed by atoms with Gasteiger partial charge in [-0.05, 0) is 19.4 Å². The second kappa shape index (κ2) is 3.68. The lowest BCUT2D eigenvalue weighted by Gasteiger charge is -2.27. The zero-order chi connectivity index (χ0) is 11.0. The van der Waals surface area contributed by atoms with Crippen LogP contribution in [0.15, 0.2) is 11.8 Å². The van der Waals surface area contributed by atoms with Crippen molar-refractivity contribution in [3.05, 3.63) is 11.8 Å². The van der Waals surface area contributed by atoms with Gasteiger partial charge < -0.3 is 9.47 Å². The van der Waals surface area contributed by atoms with Crippen LogP contribution in [0.4, 0.5) is 0 Å². The van der Waals surface area contributed by atoms with Gasteiger partial charge in [-0.3, -0.25) is 9.59 Å². The maximum Gasteiger partial charge on any atom is 0.318 e. The van der Waals surface area contributed by atoms with Crippen LogP contribution in [0.2, 0.25) is 0 Å². The van der Waals surface area contributed by atoms with Crippen molar-refractivity contribution in [1.29, 1.82) is 0 Å². The molecule has 0 radical (unpaired) electrons. The van der Waals surface area contributed by atoms with Gasteiger partial charge in [0.1, 0.15) is 0 Å². The molecular formula is C11H14O4. The molecule has 3 atom stereocenters. The van der Waals surface area contributed by atoms with Crippen molar-refractivity contribution in [2.45, 2.75) is 20.3 Å². The molecule has 2 aliphatic rings. The molecule has 0 aromatic heterocycles. The van der Waals surface area contributed by atoms with E-state index in [0.717, 1.165) is 5.76 Å². The Morgan fingerprint density at radius 1 is 1.47 bits per heavy atom. The SMILES string of the molecule is CCOC1=CCC2C(=O)OC(=O)C2C1C. The molecule has 1 aliphatic carbocycles. The van der Waals surface area contributed by atoms with Gasteiger partial charge in [-0.25, -0.2) is 0 Å². The minimum absolute atomic E-state index is 0.0531. The Morgan fingerprint density at radius 3 is 2.87 bits per heavy atom. The fraction of sp³-hybridized carbons (Fsp3) is 0.636. The van der Waals surface area contributed by atoms with Crippen LogP contribution in [0.3, 0.4) is 0 Å². The van der Waals surface area contributed by atoms with E-state index in [1.807, 2.05) is 19.9 Å². The van der Waals surface area contributed by atoms with Gasteiger partial charge >= 0.3 is 11.9 Å². The van der Waals surface area contributed by atoms with E-state index in [-0.39, 0.29) is 23.7 Å². The second-order valence-corrected chi connectivity index (χ2v) is 3.94. The van der Waals surface area contributed by atoms with E-state index in [1.165, 1.54) is 0 Å². The first-order valence-electron chi connectivity index (χ1n) is 5.23. The third kappa shape index (κ3) is 1.54. The van der Waals surface area contributed by atoms with E-state index in [1.54, 1.807) is 0 Å². The fourth-order valence-electron chi connectivity index (χ4n) is 2.31. The molecule has 0 bridgehead atoms. The topological polar surface area (TPSA) is 52.6 Å². The van der Waals surface area contributed by atoms with Crippen molar-refractivity contribution in [2.24, 2.45) is 17.8 Å². The Labute approximate surface area is 88.2 Å². The number of ether oxygens (including phenoxy) is 2. The maximum atomic E-state index is 11.5. The van der Waals surface area contributed by atoms with Gasteiger partial charge in [-0.1, -0.05) is 6.92 Å². The number of carbonyl (C=O) groups excluding carboxylic acids is 2. The van der Waals surface area contributed by atoms with Crippen LogP contribution in [0, 0.1) is 17.8 Å². The highest BCUT2D eigenvalue weighted by atomic mass is 16.6. The lowest BCUT2D eigenvalue weighted by Crippen LogP contribution is -2.29. The molecule has 1 fully saturated rings. The maximum absolute atomic E-state index is 11.5. The van der Waals surface area contributed by atoms with E-state index in [4.69, 9.17) is 4.74 Å². The van der Waals surface area contributed by atoms with Crippen molar-refractivity contribution in [2.75, 3.05) is 6.61 Å². The molecular weight excluding hydrogens is 196 g/mol. The highest BCUT2D eigenvalue weighted by Gasteiger charge is 2.49. The summed E-state index contributed by atoms with van der Waals surface area (Å²) < 4.78 is 10.1. The van der Waals surface area contributed by atoms with Crippen molar-refractivity contribution in [3.8, 4) is 0 Å². The van der Waals surface area contributed by atoms with Gasteiger partial charge in [0.2, 0.25) is 0 Å². The summed E-state index contributed by atoms with van der Waals surface area (Å²) in [6.07, 6.45) is 2.45. The van der Waals surface area contributed by atoms with Gasteiger partial charge in [0.15, 0.2) is 0 Å². The first-order chi connectivity index (χ1) is 7.15. The third-order valence-corrected chi connectivity index (χ3v) is 3.08. The summed E-state index contributed by atoms with van der Waals surface area (Å²) in [5, 5.41) is 0. The molecule has 0 aromatic carbocycles. The molecule has 4 nitrogen and oxygen atoms in total. The van der Waals surface area contributed by atoms with Crippen LogP contribution < -0.4 is 0 Å². The number of cyclic esters (lactones) is 2. The van der Waals surface area contributed by atoms with Crippen molar-refractivity contribution < 1.29 is 19.1 Å². The second-order valence-electron chi connectivity index (χ2n) is 3.94. The number of fused-ring (bicyclic) bond motifs is 1. The molecule has 1 saturated heterocycles. The van der Waals surface area contributed by atoms with Gasteiger partial charge in [0, 0.05) is 5.92 Å². The number of rotatable bonds is 2. The number of hydrogen-bond acceptors (Lipinski definition) is 4. The average Bonchev–Trinajstić information content (AvgIpc) is 2.47. The predicted molar refractivity (Wildman–Crippen MR) is 51.6 cm³/mol. The number of carbonyl (C=O) groups is 2. The average molecular weight is 210 g/mol. The molecule has 2 rings (SSSR count). The van der Waals surface area contributed by atoms with E-state index in [9.17, 15) is 9.59 Å². The lowest BCUT2D eigenvalue weighted by molar-refractivity contribution is -0.154. The Kier molecular flexibility index (Phi) is 2.50. The first kappa shape index (κ1) is 10.2. The monoisotopic (exact) mass is 210 g/mol. The summed E-state index contributed by atoms with van der Waals surface area (Å²) in [7, 11) is 0. The fourth-order valence-corrected chi connectivity index (χ4v) is 2.31. The first-order valence-corrected chi connectivity index (χ1v) is 5.23. The highest BCUT2D eigenvalue weighted by molar-refractivity contribution is 5.97. The van der Waals surface area contributed by atoms with Crippen LogP contribution in [0.5, 0.6) is 0 Å². The Balaban J connectivity index is 2.23. The van der Waals surface area contributed by atoms with Crippen LogP contribution in [-0.2, 0) is 19.1 Å². The summed E-state index contributed by atoms with van der Waals surface area (Å²) >= 11 is 0. The molecule has 15 heavy (non-hydrogen) atoms. The minimum Gasteiger partial charge on any atom is -0.498 e. The van der Waals surface area contributed by atoms with Crippen LogP contribution >= 0.6 is 0 Å². The van der Waals surface area contributed by atoms with E-state index < -0.39 is 5.97 Å². The number of esters is 2. The molecule has 0 aromatic rings. The normalized spacial score (nSPS) is 34.5.